The average molecular weight is 295 g/mol. The second-order valence-electron chi connectivity index (χ2n) is 5.65. The van der Waals surface area contributed by atoms with E-state index in [4.69, 9.17) is 0 Å². The van der Waals surface area contributed by atoms with Crippen molar-refractivity contribution in [3.05, 3.63) is 18.5 Å². The fourth-order valence-electron chi connectivity index (χ4n) is 2.41. The number of rotatable bonds is 7. The minimum atomic E-state index is -3.44. The molecule has 1 N–H and O–H groups in total. The summed E-state index contributed by atoms with van der Waals surface area (Å²) in [6.07, 6.45) is 7.39. The Hall–Kier alpha value is -1.14. The lowest BCUT2D eigenvalue weighted by Gasteiger charge is -2.23. The molecule has 0 saturated heterocycles. The summed E-state index contributed by atoms with van der Waals surface area (Å²) in [5.41, 5.74) is 0.656. The first-order valence-electron chi connectivity index (χ1n) is 7.32. The molecule has 0 radical (unpaired) electrons. The Balaban J connectivity index is 1.92. The van der Waals surface area contributed by atoms with Crippen molar-refractivity contribution in [2.24, 2.45) is 5.92 Å². The van der Waals surface area contributed by atoms with Crippen LogP contribution in [0.5, 0.6) is 0 Å². The van der Waals surface area contributed by atoms with Crippen LogP contribution in [0.1, 0.15) is 32.6 Å². The number of nitrogens with zero attached hydrogens (tertiary/aromatic N) is 2. The average Bonchev–Trinajstić information content (AvgIpc) is 3.29. The van der Waals surface area contributed by atoms with E-state index in [9.17, 15) is 8.42 Å². The zero-order chi connectivity index (χ0) is 14.2. The van der Waals surface area contributed by atoms with Gasteiger partial charge in [-0.05, 0) is 44.6 Å². The topological polar surface area (TPSA) is 62.3 Å². The zero-order valence-electron chi connectivity index (χ0n) is 11.7. The summed E-state index contributed by atoms with van der Waals surface area (Å²) >= 11 is 0. The number of hydrogen-bond acceptors (Lipinski definition) is 4. The van der Waals surface area contributed by atoms with E-state index in [1.165, 1.54) is 6.20 Å². The quantitative estimate of drug-likeness (QED) is 0.836. The Morgan fingerprint density at radius 3 is 2.70 bits per heavy atom. The smallest absolute Gasteiger partial charge is 0.246 e. The Bertz CT molecular complexity index is 580. The molecule has 1 heterocycles. The summed E-state index contributed by atoms with van der Waals surface area (Å²) < 4.78 is 27.5. The van der Waals surface area contributed by atoms with Gasteiger partial charge in [0.15, 0.2) is 0 Å². The van der Waals surface area contributed by atoms with Crippen molar-refractivity contribution in [2.45, 2.75) is 43.5 Å². The first-order valence-corrected chi connectivity index (χ1v) is 8.76. The Morgan fingerprint density at radius 1 is 1.35 bits per heavy atom. The Kier molecular flexibility index (Phi) is 3.69. The molecule has 5 nitrogen and oxygen atoms in total. The van der Waals surface area contributed by atoms with Crippen LogP contribution in [0.25, 0.3) is 0 Å². The van der Waals surface area contributed by atoms with Gasteiger partial charge in [-0.15, -0.1) is 0 Å². The molecular weight excluding hydrogens is 274 g/mol. The largest absolute Gasteiger partial charge is 0.384 e. The standard InChI is InChI=1S/C14H21N3O2S/c1-2-16-13-7-8-15-9-14(13)20(18,19)17(12-5-6-12)10-11-3-4-11/h7-9,11-12H,2-6,10H2,1H3,(H,15,16). The molecule has 0 unspecified atom stereocenters. The van der Waals surface area contributed by atoms with Crippen LogP contribution in [0.4, 0.5) is 5.69 Å². The van der Waals surface area contributed by atoms with Gasteiger partial charge in [0, 0.05) is 31.5 Å². The molecule has 2 aliphatic rings. The third-order valence-electron chi connectivity index (χ3n) is 3.83. The minimum Gasteiger partial charge on any atom is -0.384 e. The highest BCUT2D eigenvalue weighted by atomic mass is 32.2. The molecule has 0 atom stereocenters. The summed E-state index contributed by atoms with van der Waals surface area (Å²) in [6.45, 7) is 3.33. The van der Waals surface area contributed by atoms with E-state index in [0.29, 0.717) is 29.6 Å². The summed E-state index contributed by atoms with van der Waals surface area (Å²) in [4.78, 5) is 4.32. The van der Waals surface area contributed by atoms with E-state index < -0.39 is 10.0 Å². The number of nitrogens with one attached hydrogen (secondary N) is 1. The molecule has 110 valence electrons. The highest BCUT2D eigenvalue weighted by Gasteiger charge is 2.41. The molecule has 0 amide bonds. The van der Waals surface area contributed by atoms with Crippen molar-refractivity contribution in [3.8, 4) is 0 Å². The normalized spacial score (nSPS) is 19.3. The van der Waals surface area contributed by atoms with Crippen molar-refractivity contribution in [2.75, 3.05) is 18.4 Å². The molecule has 2 aliphatic carbocycles. The van der Waals surface area contributed by atoms with Gasteiger partial charge in [-0.25, -0.2) is 8.42 Å². The number of anilines is 1. The molecule has 0 spiro atoms. The van der Waals surface area contributed by atoms with Gasteiger partial charge in [0.25, 0.3) is 0 Å². The molecule has 3 rings (SSSR count). The van der Waals surface area contributed by atoms with Crippen molar-refractivity contribution < 1.29 is 8.42 Å². The lowest BCUT2D eigenvalue weighted by atomic mass is 10.4. The first kappa shape index (κ1) is 13.8. The van der Waals surface area contributed by atoms with Crippen LogP contribution < -0.4 is 5.32 Å². The molecule has 6 heteroatoms. The maximum Gasteiger partial charge on any atom is 0.246 e. The first-order chi connectivity index (χ1) is 9.63. The fourth-order valence-corrected chi connectivity index (χ4v) is 4.28. The molecule has 0 aliphatic heterocycles. The monoisotopic (exact) mass is 295 g/mol. The van der Waals surface area contributed by atoms with Crippen molar-refractivity contribution >= 4 is 15.7 Å². The summed E-state index contributed by atoms with van der Waals surface area (Å²) in [7, 11) is -3.44. The van der Waals surface area contributed by atoms with Crippen molar-refractivity contribution in [3.63, 3.8) is 0 Å². The van der Waals surface area contributed by atoms with E-state index in [1.54, 1.807) is 16.6 Å². The molecule has 2 saturated carbocycles. The van der Waals surface area contributed by atoms with Gasteiger partial charge in [0.1, 0.15) is 4.90 Å². The van der Waals surface area contributed by atoms with E-state index >= 15 is 0 Å². The number of aromatic nitrogens is 1. The van der Waals surface area contributed by atoms with Crippen LogP contribution in [0, 0.1) is 5.92 Å². The summed E-state index contributed by atoms with van der Waals surface area (Å²) in [5.74, 6) is 0.560. The van der Waals surface area contributed by atoms with Crippen LogP contribution in [0.3, 0.4) is 0 Å². The summed E-state index contributed by atoms with van der Waals surface area (Å²) in [6, 6.07) is 1.94. The SMILES string of the molecule is CCNc1ccncc1S(=O)(=O)N(CC1CC1)C1CC1. The van der Waals surface area contributed by atoms with Crippen LogP contribution in [0.2, 0.25) is 0 Å². The molecule has 1 aromatic rings. The van der Waals surface area contributed by atoms with Crippen molar-refractivity contribution in [1.29, 1.82) is 0 Å². The zero-order valence-corrected chi connectivity index (χ0v) is 12.6. The van der Waals surface area contributed by atoms with Crippen molar-refractivity contribution in [1.82, 2.24) is 9.29 Å². The van der Waals surface area contributed by atoms with Crippen LogP contribution >= 0.6 is 0 Å². The van der Waals surface area contributed by atoms with E-state index in [2.05, 4.69) is 10.3 Å². The van der Waals surface area contributed by atoms with E-state index in [1.807, 2.05) is 6.92 Å². The van der Waals surface area contributed by atoms with Gasteiger partial charge in [-0.2, -0.15) is 4.31 Å². The van der Waals surface area contributed by atoms with Gasteiger partial charge in [0.2, 0.25) is 10.0 Å². The van der Waals surface area contributed by atoms with Crippen LogP contribution in [-0.2, 0) is 10.0 Å². The third-order valence-corrected chi connectivity index (χ3v) is 5.77. The summed E-state index contributed by atoms with van der Waals surface area (Å²) in [5, 5.41) is 3.12. The van der Waals surface area contributed by atoms with Gasteiger partial charge in [-0.1, -0.05) is 0 Å². The lowest BCUT2D eigenvalue weighted by Crippen LogP contribution is -2.35. The highest BCUT2D eigenvalue weighted by Crippen LogP contribution is 2.38. The fraction of sp³-hybridized carbons (Fsp3) is 0.643. The van der Waals surface area contributed by atoms with Gasteiger partial charge in [-0.3, -0.25) is 4.98 Å². The number of pyridine rings is 1. The molecular formula is C14H21N3O2S. The van der Waals surface area contributed by atoms with E-state index in [-0.39, 0.29) is 6.04 Å². The Morgan fingerprint density at radius 2 is 2.10 bits per heavy atom. The Labute approximate surface area is 120 Å². The second kappa shape index (κ2) is 5.33. The lowest BCUT2D eigenvalue weighted by molar-refractivity contribution is 0.389. The van der Waals surface area contributed by atoms with Gasteiger partial charge in [0.05, 0.1) is 5.69 Å². The highest BCUT2D eigenvalue weighted by molar-refractivity contribution is 7.89. The molecule has 0 bridgehead atoms. The predicted octanol–water partition coefficient (Wildman–Crippen LogP) is 2.08. The van der Waals surface area contributed by atoms with Gasteiger partial charge < -0.3 is 5.32 Å². The number of sulfonamides is 1. The molecule has 0 aromatic carbocycles. The molecule has 20 heavy (non-hydrogen) atoms. The maximum absolute atomic E-state index is 12.9. The molecule has 2 fully saturated rings. The van der Waals surface area contributed by atoms with Gasteiger partial charge >= 0.3 is 0 Å². The van der Waals surface area contributed by atoms with Crippen LogP contribution in [0.15, 0.2) is 23.4 Å². The maximum atomic E-state index is 12.9. The third kappa shape index (κ3) is 2.81. The second-order valence-corrected chi connectivity index (χ2v) is 7.51. The van der Waals surface area contributed by atoms with Crippen LogP contribution in [-0.4, -0.2) is 36.8 Å². The molecule has 1 aromatic heterocycles. The number of hydrogen-bond donors (Lipinski definition) is 1. The minimum absolute atomic E-state index is 0.204. The van der Waals surface area contributed by atoms with E-state index in [0.717, 1.165) is 25.7 Å². The predicted molar refractivity (Wildman–Crippen MR) is 78.0 cm³/mol.